The molecule has 0 atom stereocenters. The van der Waals surface area contributed by atoms with Crippen molar-refractivity contribution in [3.05, 3.63) is 48.0 Å². The first kappa shape index (κ1) is 10.5. The molecule has 1 N–H and O–H groups in total. The number of carboxylic acid groups (broad SMARTS) is 1. The van der Waals surface area contributed by atoms with Crippen molar-refractivity contribution in [2.75, 3.05) is 6.61 Å². The van der Waals surface area contributed by atoms with Crippen LogP contribution < -0.4 is 0 Å². The molecule has 0 bridgehead atoms. The quantitative estimate of drug-likeness (QED) is 0.572. The summed E-state index contributed by atoms with van der Waals surface area (Å²) in [6.45, 7) is 0.825. The first-order valence-corrected chi connectivity index (χ1v) is 4.30. The van der Waals surface area contributed by atoms with Crippen LogP contribution in [-0.4, -0.2) is 17.7 Å². The van der Waals surface area contributed by atoms with E-state index in [9.17, 15) is 4.79 Å². The molecular formula is C11H12O3. The third-order valence-corrected chi connectivity index (χ3v) is 1.59. The molecule has 1 rings (SSSR count). The van der Waals surface area contributed by atoms with Gasteiger partial charge in [0.05, 0.1) is 13.2 Å². The van der Waals surface area contributed by atoms with Crippen molar-refractivity contribution in [3.8, 4) is 0 Å². The van der Waals surface area contributed by atoms with Crippen LogP contribution in [0.25, 0.3) is 0 Å². The largest absolute Gasteiger partial charge is 0.478 e. The fourth-order valence-electron chi connectivity index (χ4n) is 0.968. The minimum Gasteiger partial charge on any atom is -0.478 e. The summed E-state index contributed by atoms with van der Waals surface area (Å²) in [5, 5.41) is 8.29. The van der Waals surface area contributed by atoms with Crippen LogP contribution in [-0.2, 0) is 16.1 Å². The van der Waals surface area contributed by atoms with E-state index in [1.54, 1.807) is 0 Å². The Bertz CT molecular complexity index is 304. The van der Waals surface area contributed by atoms with Gasteiger partial charge in [-0.3, -0.25) is 0 Å². The number of ether oxygens (including phenoxy) is 1. The fourth-order valence-corrected chi connectivity index (χ4v) is 0.968. The monoisotopic (exact) mass is 192 g/mol. The first-order chi connectivity index (χ1) is 6.79. The van der Waals surface area contributed by atoms with E-state index in [1.807, 2.05) is 30.3 Å². The second-order valence-electron chi connectivity index (χ2n) is 2.74. The molecule has 0 aromatic heterocycles. The molecule has 3 nitrogen and oxygen atoms in total. The van der Waals surface area contributed by atoms with Crippen LogP contribution in [0.15, 0.2) is 42.5 Å². The Balaban J connectivity index is 2.19. The number of benzene rings is 1. The van der Waals surface area contributed by atoms with E-state index in [0.717, 1.165) is 11.6 Å². The average Bonchev–Trinajstić information content (AvgIpc) is 2.18. The molecular weight excluding hydrogens is 180 g/mol. The number of hydrogen-bond donors (Lipinski definition) is 1. The molecule has 3 heteroatoms. The van der Waals surface area contributed by atoms with E-state index in [4.69, 9.17) is 9.84 Å². The molecule has 0 aliphatic rings. The van der Waals surface area contributed by atoms with Crippen LogP contribution in [0.4, 0.5) is 0 Å². The molecule has 1 aromatic carbocycles. The number of carbonyl (C=O) groups is 1. The van der Waals surface area contributed by atoms with Crippen molar-refractivity contribution in [3.63, 3.8) is 0 Å². The Morgan fingerprint density at radius 2 is 2.07 bits per heavy atom. The van der Waals surface area contributed by atoms with Gasteiger partial charge in [0, 0.05) is 6.08 Å². The highest BCUT2D eigenvalue weighted by Gasteiger charge is 1.89. The topological polar surface area (TPSA) is 46.5 Å². The van der Waals surface area contributed by atoms with Gasteiger partial charge in [0.25, 0.3) is 0 Å². The van der Waals surface area contributed by atoms with Crippen LogP contribution in [0.5, 0.6) is 0 Å². The second kappa shape index (κ2) is 5.94. The van der Waals surface area contributed by atoms with Gasteiger partial charge >= 0.3 is 5.97 Å². The summed E-state index contributed by atoms with van der Waals surface area (Å²) in [5.41, 5.74) is 1.08. The van der Waals surface area contributed by atoms with E-state index >= 15 is 0 Å². The zero-order chi connectivity index (χ0) is 10.2. The molecule has 0 radical (unpaired) electrons. The summed E-state index contributed by atoms with van der Waals surface area (Å²) in [6.07, 6.45) is 2.55. The molecule has 1 aromatic rings. The van der Waals surface area contributed by atoms with Crippen LogP contribution in [0.3, 0.4) is 0 Å². The van der Waals surface area contributed by atoms with E-state index < -0.39 is 5.97 Å². The predicted molar refractivity (Wildman–Crippen MR) is 52.9 cm³/mol. The Labute approximate surface area is 82.6 Å². The molecule has 0 aliphatic carbocycles. The fraction of sp³-hybridized carbons (Fsp3) is 0.182. The van der Waals surface area contributed by atoms with Crippen molar-refractivity contribution >= 4 is 5.97 Å². The third-order valence-electron chi connectivity index (χ3n) is 1.59. The summed E-state index contributed by atoms with van der Waals surface area (Å²) in [5.74, 6) is -0.951. The average molecular weight is 192 g/mol. The number of hydrogen-bond acceptors (Lipinski definition) is 2. The van der Waals surface area contributed by atoms with E-state index in [-0.39, 0.29) is 0 Å². The molecule has 74 valence electrons. The lowest BCUT2D eigenvalue weighted by atomic mass is 10.2. The van der Waals surface area contributed by atoms with Crippen molar-refractivity contribution < 1.29 is 14.6 Å². The molecule has 0 aliphatic heterocycles. The molecule has 0 heterocycles. The minimum atomic E-state index is -0.951. The lowest BCUT2D eigenvalue weighted by molar-refractivity contribution is -0.131. The molecule has 0 fully saturated rings. The summed E-state index contributed by atoms with van der Waals surface area (Å²) < 4.78 is 5.22. The second-order valence-corrected chi connectivity index (χ2v) is 2.74. The Kier molecular flexibility index (Phi) is 4.44. The van der Waals surface area contributed by atoms with E-state index in [0.29, 0.717) is 13.2 Å². The SMILES string of the molecule is O=C(O)/C=C\COCc1ccccc1. The molecule has 0 saturated heterocycles. The molecule has 0 amide bonds. The highest BCUT2D eigenvalue weighted by molar-refractivity contribution is 5.79. The number of aliphatic carboxylic acids is 1. The van der Waals surface area contributed by atoms with Gasteiger partial charge in [0.1, 0.15) is 0 Å². The van der Waals surface area contributed by atoms with Gasteiger partial charge in [0.15, 0.2) is 0 Å². The highest BCUT2D eigenvalue weighted by atomic mass is 16.5. The van der Waals surface area contributed by atoms with Gasteiger partial charge in [-0.2, -0.15) is 0 Å². The standard InChI is InChI=1S/C11H12O3/c12-11(13)7-4-8-14-9-10-5-2-1-3-6-10/h1-7H,8-9H2,(H,12,13)/b7-4-. The lowest BCUT2D eigenvalue weighted by Crippen LogP contribution is -1.94. The van der Waals surface area contributed by atoms with Gasteiger partial charge in [-0.05, 0) is 5.56 Å². The lowest BCUT2D eigenvalue weighted by Gasteiger charge is -1.99. The molecule has 0 saturated carbocycles. The van der Waals surface area contributed by atoms with Crippen molar-refractivity contribution in [2.24, 2.45) is 0 Å². The van der Waals surface area contributed by atoms with Gasteiger partial charge in [-0.25, -0.2) is 4.79 Å². The Morgan fingerprint density at radius 3 is 2.71 bits per heavy atom. The van der Waals surface area contributed by atoms with Gasteiger partial charge in [0.2, 0.25) is 0 Å². The van der Waals surface area contributed by atoms with Crippen molar-refractivity contribution in [2.45, 2.75) is 6.61 Å². The maximum Gasteiger partial charge on any atom is 0.328 e. The summed E-state index contributed by atoms with van der Waals surface area (Å²) >= 11 is 0. The van der Waals surface area contributed by atoms with Crippen molar-refractivity contribution in [1.29, 1.82) is 0 Å². The predicted octanol–water partition coefficient (Wildman–Crippen LogP) is 1.84. The third kappa shape index (κ3) is 4.42. The summed E-state index contributed by atoms with van der Waals surface area (Å²) in [4.78, 5) is 10.1. The number of carboxylic acids is 1. The first-order valence-electron chi connectivity index (χ1n) is 4.30. The maximum atomic E-state index is 10.1. The van der Waals surface area contributed by atoms with E-state index in [2.05, 4.69) is 0 Å². The van der Waals surface area contributed by atoms with Crippen LogP contribution >= 0.6 is 0 Å². The van der Waals surface area contributed by atoms with Gasteiger partial charge in [-0.1, -0.05) is 36.4 Å². The minimum absolute atomic E-state index is 0.321. The smallest absolute Gasteiger partial charge is 0.328 e. The Hall–Kier alpha value is -1.61. The summed E-state index contributed by atoms with van der Waals surface area (Å²) in [7, 11) is 0. The normalized spacial score (nSPS) is 10.6. The molecule has 0 unspecified atom stereocenters. The van der Waals surface area contributed by atoms with E-state index in [1.165, 1.54) is 6.08 Å². The highest BCUT2D eigenvalue weighted by Crippen LogP contribution is 1.99. The van der Waals surface area contributed by atoms with Crippen LogP contribution in [0.2, 0.25) is 0 Å². The summed E-state index contributed by atoms with van der Waals surface area (Å²) in [6, 6.07) is 9.73. The molecule has 0 spiro atoms. The maximum absolute atomic E-state index is 10.1. The van der Waals surface area contributed by atoms with Crippen LogP contribution in [0, 0.1) is 0 Å². The molecule has 14 heavy (non-hydrogen) atoms. The number of rotatable bonds is 5. The Morgan fingerprint density at radius 1 is 1.36 bits per heavy atom. The van der Waals surface area contributed by atoms with Gasteiger partial charge in [-0.15, -0.1) is 0 Å². The van der Waals surface area contributed by atoms with Crippen molar-refractivity contribution in [1.82, 2.24) is 0 Å². The zero-order valence-corrected chi connectivity index (χ0v) is 7.72. The van der Waals surface area contributed by atoms with Gasteiger partial charge < -0.3 is 9.84 Å². The zero-order valence-electron chi connectivity index (χ0n) is 7.72. The van der Waals surface area contributed by atoms with Crippen LogP contribution in [0.1, 0.15) is 5.56 Å².